The van der Waals surface area contributed by atoms with Gasteiger partial charge in [0.05, 0.1) is 0 Å². The van der Waals surface area contributed by atoms with E-state index in [2.05, 4.69) is 14.8 Å². The Kier molecular flexibility index (Phi) is 8.44. The number of piperazine rings is 1. The average molecular weight is 430 g/mol. The van der Waals surface area contributed by atoms with Gasteiger partial charge in [-0.25, -0.2) is 4.98 Å². The third kappa shape index (κ3) is 5.54. The number of rotatable bonds is 6. The summed E-state index contributed by atoms with van der Waals surface area (Å²) in [5, 5.41) is 10.3. The predicted octanol–water partition coefficient (Wildman–Crippen LogP) is 2.22. The van der Waals surface area contributed by atoms with Gasteiger partial charge in [-0.15, -0.1) is 24.8 Å². The van der Waals surface area contributed by atoms with Gasteiger partial charge in [-0.3, -0.25) is 4.90 Å². The van der Waals surface area contributed by atoms with Crippen molar-refractivity contribution in [2.45, 2.75) is 6.10 Å². The molecule has 0 radical (unpaired) electrons. The monoisotopic (exact) mass is 429 g/mol. The lowest BCUT2D eigenvalue weighted by molar-refractivity contribution is 0.0662. The standard InChI is InChI=1S/C19H23N3O4.2ClH/c23-15(13-24-16-4-5-17-18(11-16)26-14-25-17)12-21-7-9-22(10-8-21)19-3-1-2-6-20-19;;/h1-6,11,15,23H,7-10,12-14H2;2*1H. The second-order valence-electron chi connectivity index (χ2n) is 6.46. The van der Waals surface area contributed by atoms with Crippen LogP contribution in [-0.2, 0) is 0 Å². The van der Waals surface area contributed by atoms with Crippen LogP contribution < -0.4 is 19.1 Å². The van der Waals surface area contributed by atoms with Crippen LogP contribution in [0.1, 0.15) is 0 Å². The van der Waals surface area contributed by atoms with Crippen LogP contribution in [0.5, 0.6) is 17.2 Å². The highest BCUT2D eigenvalue weighted by molar-refractivity contribution is 5.85. The molecule has 1 aromatic carbocycles. The summed E-state index contributed by atoms with van der Waals surface area (Å²) < 4.78 is 16.3. The van der Waals surface area contributed by atoms with Crippen molar-refractivity contribution in [2.75, 3.05) is 51.0 Å². The third-order valence-corrected chi connectivity index (χ3v) is 4.60. The number of β-amino-alcohol motifs (C(OH)–C–C–N with tert-alkyl or cyclic N) is 1. The molecule has 1 saturated heterocycles. The van der Waals surface area contributed by atoms with Crippen molar-refractivity contribution in [3.8, 4) is 17.2 Å². The molecule has 1 unspecified atom stereocenters. The summed E-state index contributed by atoms with van der Waals surface area (Å²) >= 11 is 0. The summed E-state index contributed by atoms with van der Waals surface area (Å²) in [5.41, 5.74) is 0. The molecule has 0 saturated carbocycles. The van der Waals surface area contributed by atoms with E-state index in [-0.39, 0.29) is 38.2 Å². The molecule has 2 aliphatic heterocycles. The first-order valence-electron chi connectivity index (χ1n) is 8.87. The van der Waals surface area contributed by atoms with Crippen molar-refractivity contribution in [3.63, 3.8) is 0 Å². The number of halogens is 2. The number of aliphatic hydroxyl groups excluding tert-OH is 1. The minimum absolute atomic E-state index is 0. The Labute approximate surface area is 177 Å². The summed E-state index contributed by atoms with van der Waals surface area (Å²) in [7, 11) is 0. The number of fused-ring (bicyclic) bond motifs is 1. The molecule has 154 valence electrons. The van der Waals surface area contributed by atoms with E-state index in [4.69, 9.17) is 14.2 Å². The van der Waals surface area contributed by atoms with E-state index in [1.54, 1.807) is 6.07 Å². The quantitative estimate of drug-likeness (QED) is 0.754. The number of hydrogen-bond donors (Lipinski definition) is 1. The van der Waals surface area contributed by atoms with Crippen LogP contribution in [0.4, 0.5) is 5.82 Å². The molecule has 1 atom stereocenters. The number of hydrogen-bond acceptors (Lipinski definition) is 7. The molecule has 4 rings (SSSR count). The molecule has 9 heteroatoms. The van der Waals surface area contributed by atoms with Crippen molar-refractivity contribution >= 4 is 30.6 Å². The summed E-state index contributed by atoms with van der Waals surface area (Å²) in [6.45, 7) is 4.71. The molecule has 0 amide bonds. The first-order chi connectivity index (χ1) is 12.8. The molecule has 7 nitrogen and oxygen atoms in total. The Morgan fingerprint density at radius 2 is 1.82 bits per heavy atom. The number of aromatic nitrogens is 1. The van der Waals surface area contributed by atoms with Crippen molar-refractivity contribution in [3.05, 3.63) is 42.6 Å². The third-order valence-electron chi connectivity index (χ3n) is 4.60. The first kappa shape index (κ1) is 22.4. The van der Waals surface area contributed by atoms with Crippen LogP contribution in [0, 0.1) is 0 Å². The Balaban J connectivity index is 0.00000140. The number of nitrogens with zero attached hydrogens (tertiary/aromatic N) is 3. The average Bonchev–Trinajstić information content (AvgIpc) is 3.15. The van der Waals surface area contributed by atoms with E-state index < -0.39 is 6.10 Å². The number of aliphatic hydroxyl groups is 1. The van der Waals surface area contributed by atoms with Crippen LogP contribution in [0.15, 0.2) is 42.6 Å². The molecule has 1 fully saturated rings. The second-order valence-corrected chi connectivity index (χ2v) is 6.46. The summed E-state index contributed by atoms with van der Waals surface area (Å²) in [4.78, 5) is 8.92. The lowest BCUT2D eigenvalue weighted by Gasteiger charge is -2.36. The maximum absolute atomic E-state index is 10.3. The lowest BCUT2D eigenvalue weighted by Crippen LogP contribution is -2.49. The fraction of sp³-hybridized carbons (Fsp3) is 0.421. The Morgan fingerprint density at radius 1 is 1.04 bits per heavy atom. The van der Waals surface area contributed by atoms with E-state index >= 15 is 0 Å². The van der Waals surface area contributed by atoms with Gasteiger partial charge in [0.25, 0.3) is 0 Å². The summed E-state index contributed by atoms with van der Waals surface area (Å²) in [6.07, 6.45) is 1.28. The molecule has 2 aliphatic rings. The van der Waals surface area contributed by atoms with E-state index in [1.807, 2.05) is 36.5 Å². The molecule has 0 bridgehead atoms. The summed E-state index contributed by atoms with van der Waals surface area (Å²) in [5.74, 6) is 3.10. The molecule has 2 aromatic rings. The molecule has 3 heterocycles. The van der Waals surface area contributed by atoms with Crippen molar-refractivity contribution in [1.29, 1.82) is 0 Å². The highest BCUT2D eigenvalue weighted by Gasteiger charge is 2.20. The van der Waals surface area contributed by atoms with Gasteiger partial charge in [0.1, 0.15) is 24.3 Å². The number of benzene rings is 1. The van der Waals surface area contributed by atoms with Crippen molar-refractivity contribution in [2.24, 2.45) is 0 Å². The van der Waals surface area contributed by atoms with Gasteiger partial charge in [0, 0.05) is 45.0 Å². The molecular formula is C19H25Cl2N3O4. The predicted molar refractivity (Wildman–Crippen MR) is 111 cm³/mol. The smallest absolute Gasteiger partial charge is 0.231 e. The molecule has 28 heavy (non-hydrogen) atoms. The van der Waals surface area contributed by atoms with Gasteiger partial charge in [-0.2, -0.15) is 0 Å². The molecule has 1 aromatic heterocycles. The van der Waals surface area contributed by atoms with Gasteiger partial charge in [0.2, 0.25) is 6.79 Å². The molecule has 0 aliphatic carbocycles. The topological polar surface area (TPSA) is 67.3 Å². The fourth-order valence-electron chi connectivity index (χ4n) is 3.21. The van der Waals surface area contributed by atoms with Crippen molar-refractivity contribution in [1.82, 2.24) is 9.88 Å². The van der Waals surface area contributed by atoms with Gasteiger partial charge in [-0.1, -0.05) is 6.07 Å². The van der Waals surface area contributed by atoms with E-state index in [1.165, 1.54) is 0 Å². The Bertz CT molecular complexity index is 730. The molecule has 0 spiro atoms. The normalized spacial score (nSPS) is 16.7. The number of ether oxygens (including phenoxy) is 3. The number of pyridine rings is 1. The van der Waals surface area contributed by atoms with Gasteiger partial charge >= 0.3 is 0 Å². The largest absolute Gasteiger partial charge is 0.491 e. The van der Waals surface area contributed by atoms with E-state index in [0.717, 1.165) is 37.7 Å². The SMILES string of the molecule is Cl.Cl.OC(COc1ccc2c(c1)OCO2)CN1CCN(c2ccccn2)CC1. The van der Waals surface area contributed by atoms with Gasteiger partial charge in [0.15, 0.2) is 11.5 Å². The van der Waals surface area contributed by atoms with Gasteiger partial charge < -0.3 is 24.2 Å². The van der Waals surface area contributed by atoms with Crippen LogP contribution >= 0.6 is 24.8 Å². The fourth-order valence-corrected chi connectivity index (χ4v) is 3.21. The molecular weight excluding hydrogens is 405 g/mol. The first-order valence-corrected chi connectivity index (χ1v) is 8.87. The Hall–Kier alpha value is -1.93. The zero-order valence-corrected chi connectivity index (χ0v) is 17.0. The highest BCUT2D eigenvalue weighted by Crippen LogP contribution is 2.35. The minimum Gasteiger partial charge on any atom is -0.491 e. The molecule has 1 N–H and O–H groups in total. The highest BCUT2D eigenvalue weighted by atomic mass is 35.5. The zero-order valence-electron chi connectivity index (χ0n) is 15.4. The van der Waals surface area contributed by atoms with Crippen LogP contribution in [0.25, 0.3) is 0 Å². The zero-order chi connectivity index (χ0) is 17.8. The van der Waals surface area contributed by atoms with Crippen molar-refractivity contribution < 1.29 is 19.3 Å². The van der Waals surface area contributed by atoms with Crippen LogP contribution in [0.3, 0.4) is 0 Å². The summed E-state index contributed by atoms with van der Waals surface area (Å²) in [6, 6.07) is 11.4. The number of anilines is 1. The van der Waals surface area contributed by atoms with E-state index in [9.17, 15) is 5.11 Å². The van der Waals surface area contributed by atoms with Crippen LogP contribution in [0.2, 0.25) is 0 Å². The maximum Gasteiger partial charge on any atom is 0.231 e. The van der Waals surface area contributed by atoms with E-state index in [0.29, 0.717) is 18.0 Å². The van der Waals surface area contributed by atoms with Gasteiger partial charge in [-0.05, 0) is 24.3 Å². The lowest BCUT2D eigenvalue weighted by atomic mass is 10.2. The van der Waals surface area contributed by atoms with Crippen LogP contribution in [-0.4, -0.2) is 67.2 Å². The second kappa shape index (κ2) is 10.6. The minimum atomic E-state index is -0.540. The Morgan fingerprint density at radius 3 is 2.57 bits per heavy atom. The maximum atomic E-state index is 10.3.